The smallest absolute Gasteiger partial charge is 0.339 e. The topological polar surface area (TPSA) is 115 Å². The Morgan fingerprint density at radius 1 is 0.955 bits per heavy atom. The molecule has 0 saturated carbocycles. The molecule has 0 saturated heterocycles. The summed E-state index contributed by atoms with van der Waals surface area (Å²) in [4.78, 5) is 11.0. The summed E-state index contributed by atoms with van der Waals surface area (Å²) >= 11 is -2.82. The van der Waals surface area contributed by atoms with E-state index < -0.39 is 27.3 Å². The fourth-order valence-corrected chi connectivity index (χ4v) is 3.36. The van der Waals surface area contributed by atoms with E-state index >= 15 is 0 Å². The fourth-order valence-electron chi connectivity index (χ4n) is 2.07. The Kier molecular flexibility index (Phi) is 12.4. The van der Waals surface area contributed by atoms with Gasteiger partial charge in [0.2, 0.25) is 10.0 Å². The van der Waals surface area contributed by atoms with E-state index in [9.17, 15) is 22.0 Å². The van der Waals surface area contributed by atoms with Crippen LogP contribution in [0.15, 0.2) is 0 Å². The molecule has 0 spiro atoms. The molecule has 2 amide bonds. The third kappa shape index (κ3) is 14.3. The normalized spacial score (nSPS) is 12.8. The second-order valence-corrected chi connectivity index (χ2v) is 7.78. The molecule has 0 heterocycles. The van der Waals surface area contributed by atoms with Gasteiger partial charge in [0.05, 0.1) is 5.75 Å². The van der Waals surface area contributed by atoms with Crippen molar-refractivity contribution in [1.29, 1.82) is 0 Å². The minimum absolute atomic E-state index is 0.178. The highest BCUT2D eigenvalue weighted by Gasteiger charge is 2.13. The molecule has 0 aromatic carbocycles. The van der Waals surface area contributed by atoms with E-state index in [2.05, 4.69) is 6.92 Å². The maximum Gasteiger partial charge on any atom is 0.339 e. The van der Waals surface area contributed by atoms with Crippen molar-refractivity contribution in [2.24, 2.45) is 0 Å². The molecule has 0 aromatic heterocycles. The molecule has 132 valence electrons. The molecule has 0 rings (SSSR count). The van der Waals surface area contributed by atoms with Crippen molar-refractivity contribution in [3.05, 3.63) is 0 Å². The van der Waals surface area contributed by atoms with Gasteiger partial charge in [-0.15, -0.1) is 0 Å². The summed E-state index contributed by atoms with van der Waals surface area (Å²) in [6.07, 6.45) is 10.8. The minimum atomic E-state index is -3.77. The number of rotatable bonds is 13. The van der Waals surface area contributed by atoms with Gasteiger partial charge in [0, 0.05) is 11.3 Å². The van der Waals surface area contributed by atoms with Crippen LogP contribution in [0.5, 0.6) is 0 Å². The lowest BCUT2D eigenvalue weighted by Gasteiger charge is -2.09. The Morgan fingerprint density at radius 3 is 1.86 bits per heavy atom. The lowest BCUT2D eigenvalue weighted by Crippen LogP contribution is -2.41. The monoisotopic (exact) mass is 355 g/mol. The molecule has 0 bridgehead atoms. The lowest BCUT2D eigenvalue weighted by atomic mass is 10.1. The second-order valence-electron chi connectivity index (χ2n) is 5.27. The van der Waals surface area contributed by atoms with Gasteiger partial charge in [-0.25, -0.2) is 17.9 Å². The van der Waals surface area contributed by atoms with Gasteiger partial charge in [-0.1, -0.05) is 64.7 Å². The number of amides is 2. The van der Waals surface area contributed by atoms with E-state index in [4.69, 9.17) is 0 Å². The zero-order valence-corrected chi connectivity index (χ0v) is 14.8. The average Bonchev–Trinajstić information content (AvgIpc) is 2.39. The Balaban J connectivity index is 3.57. The predicted octanol–water partition coefficient (Wildman–Crippen LogP) is 2.33. The van der Waals surface area contributed by atoms with Gasteiger partial charge in [-0.3, -0.25) is 8.93 Å². The quantitative estimate of drug-likeness (QED) is 0.388. The second kappa shape index (κ2) is 12.8. The van der Waals surface area contributed by atoms with Crippen LogP contribution in [0.1, 0.15) is 71.1 Å². The number of hydrogen-bond donors (Lipinski definition) is 2. The molecule has 0 aromatic rings. The molecule has 2 N–H and O–H groups in total. The standard InChI is InChI=1S/C13H28N2O5S2/c1-2-3-4-5-6-7-8-9-10-11-12-22(19,20)15-13(16)14-21(17)18/h2-12H2,1H3,(H,17,18)(H2,14,15,16)/p-1. The predicted molar refractivity (Wildman–Crippen MR) is 86.2 cm³/mol. The van der Waals surface area contributed by atoms with Gasteiger partial charge >= 0.3 is 6.03 Å². The Bertz CT molecular complexity index is 426. The number of unbranched alkanes of at least 4 members (excludes halogenated alkanes) is 9. The third-order valence-electron chi connectivity index (χ3n) is 3.19. The summed E-state index contributed by atoms with van der Waals surface area (Å²) < 4.78 is 46.4. The number of nitrogens with one attached hydrogen (secondary N) is 2. The molecular formula is C13H27N2O5S2-. The van der Waals surface area contributed by atoms with Crippen molar-refractivity contribution in [3.63, 3.8) is 0 Å². The first-order valence-electron chi connectivity index (χ1n) is 7.77. The lowest BCUT2D eigenvalue weighted by molar-refractivity contribution is 0.250. The number of urea groups is 1. The van der Waals surface area contributed by atoms with E-state index in [1.54, 1.807) is 4.72 Å². The van der Waals surface area contributed by atoms with Crippen molar-refractivity contribution in [2.45, 2.75) is 71.1 Å². The molecule has 0 radical (unpaired) electrons. The summed E-state index contributed by atoms with van der Waals surface area (Å²) in [6.45, 7) is 2.19. The molecule has 0 aliphatic carbocycles. The van der Waals surface area contributed by atoms with Crippen LogP contribution < -0.4 is 9.44 Å². The van der Waals surface area contributed by atoms with Crippen LogP contribution in [0.25, 0.3) is 0 Å². The van der Waals surface area contributed by atoms with Gasteiger partial charge in [-0.05, 0) is 6.42 Å². The number of carbonyl (C=O) groups excluding carboxylic acids is 1. The van der Waals surface area contributed by atoms with E-state index in [0.717, 1.165) is 19.3 Å². The Labute approximate surface area is 136 Å². The van der Waals surface area contributed by atoms with Crippen molar-refractivity contribution in [2.75, 3.05) is 5.75 Å². The van der Waals surface area contributed by atoms with Crippen molar-refractivity contribution >= 4 is 27.3 Å². The zero-order chi connectivity index (χ0) is 16.8. The molecule has 0 aliphatic rings. The highest BCUT2D eigenvalue weighted by atomic mass is 32.2. The molecule has 1 atom stereocenters. The van der Waals surface area contributed by atoms with E-state index in [1.165, 1.54) is 43.2 Å². The first-order valence-corrected chi connectivity index (χ1v) is 10.5. The minimum Gasteiger partial charge on any atom is -0.755 e. The van der Waals surface area contributed by atoms with Gasteiger partial charge in [0.25, 0.3) is 0 Å². The Hall–Kier alpha value is -0.670. The largest absolute Gasteiger partial charge is 0.755 e. The maximum absolute atomic E-state index is 11.5. The molecule has 0 fully saturated rings. The molecule has 0 aliphatic heterocycles. The van der Waals surface area contributed by atoms with Crippen molar-refractivity contribution in [1.82, 2.24) is 9.44 Å². The molecule has 1 unspecified atom stereocenters. The van der Waals surface area contributed by atoms with Crippen LogP contribution in [0.4, 0.5) is 4.79 Å². The first kappa shape index (κ1) is 21.3. The molecule has 22 heavy (non-hydrogen) atoms. The van der Waals surface area contributed by atoms with Crippen LogP contribution in [0.2, 0.25) is 0 Å². The summed E-state index contributed by atoms with van der Waals surface area (Å²) in [5.74, 6) is -0.178. The number of hydrogen-bond acceptors (Lipinski definition) is 5. The maximum atomic E-state index is 11.5. The Morgan fingerprint density at radius 2 is 1.41 bits per heavy atom. The summed E-state index contributed by atoms with van der Waals surface area (Å²) in [5.41, 5.74) is 0. The molecular weight excluding hydrogens is 328 g/mol. The third-order valence-corrected chi connectivity index (χ3v) is 4.87. The van der Waals surface area contributed by atoms with E-state index in [1.807, 2.05) is 0 Å². The highest BCUT2D eigenvalue weighted by molar-refractivity contribution is 7.90. The van der Waals surface area contributed by atoms with Crippen LogP contribution in [0.3, 0.4) is 0 Å². The number of carbonyl (C=O) groups is 1. The van der Waals surface area contributed by atoms with Gasteiger partial charge in [0.1, 0.15) is 0 Å². The summed E-state index contributed by atoms with van der Waals surface area (Å²) in [6, 6.07) is -1.25. The number of sulfonamides is 1. The van der Waals surface area contributed by atoms with Crippen LogP contribution >= 0.6 is 0 Å². The van der Waals surface area contributed by atoms with Crippen molar-refractivity contribution < 1.29 is 22.0 Å². The first-order chi connectivity index (χ1) is 10.4. The van der Waals surface area contributed by atoms with Crippen LogP contribution in [-0.4, -0.2) is 29.0 Å². The zero-order valence-electron chi connectivity index (χ0n) is 13.1. The molecule has 7 nitrogen and oxygen atoms in total. The fraction of sp³-hybridized carbons (Fsp3) is 0.923. The van der Waals surface area contributed by atoms with Gasteiger partial charge in [0.15, 0.2) is 0 Å². The van der Waals surface area contributed by atoms with Crippen LogP contribution in [0, 0.1) is 0 Å². The molecule has 9 heteroatoms. The van der Waals surface area contributed by atoms with Gasteiger partial charge in [-0.2, -0.15) is 0 Å². The van der Waals surface area contributed by atoms with Crippen molar-refractivity contribution in [3.8, 4) is 0 Å². The summed E-state index contributed by atoms with van der Waals surface area (Å²) in [5, 5.41) is 0. The van der Waals surface area contributed by atoms with E-state index in [-0.39, 0.29) is 5.75 Å². The van der Waals surface area contributed by atoms with Crippen LogP contribution in [-0.2, 0) is 21.3 Å². The SMILES string of the molecule is CCCCCCCCCCCCS(=O)(=O)NC(=O)NS(=O)[O-]. The average molecular weight is 356 g/mol. The highest BCUT2D eigenvalue weighted by Crippen LogP contribution is 2.10. The summed E-state index contributed by atoms with van der Waals surface area (Å²) in [7, 11) is -3.77. The van der Waals surface area contributed by atoms with E-state index in [0.29, 0.717) is 6.42 Å². The van der Waals surface area contributed by atoms with Gasteiger partial charge < -0.3 is 4.55 Å².